The maximum absolute atomic E-state index is 6.04. The van der Waals surface area contributed by atoms with Gasteiger partial charge in [-0.05, 0) is 34.5 Å². The van der Waals surface area contributed by atoms with Gasteiger partial charge in [0.2, 0.25) is 0 Å². The third-order valence-electron chi connectivity index (χ3n) is 3.14. The molecule has 0 spiro atoms. The fraction of sp³-hybridized carbons (Fsp3) is 0.353. The lowest BCUT2D eigenvalue weighted by atomic mass is 10.1. The number of nitrogens with zero attached hydrogens (tertiary/aromatic N) is 1. The second kappa shape index (κ2) is 7.57. The Morgan fingerprint density at radius 1 is 1.29 bits per heavy atom. The number of ether oxygens (including phenoxy) is 1. The highest BCUT2D eigenvalue weighted by Crippen LogP contribution is 2.25. The van der Waals surface area contributed by atoms with Gasteiger partial charge in [0.05, 0.1) is 0 Å². The summed E-state index contributed by atoms with van der Waals surface area (Å²) < 4.78 is 7.01. The van der Waals surface area contributed by atoms with E-state index in [-0.39, 0.29) is 0 Å². The summed E-state index contributed by atoms with van der Waals surface area (Å²) in [5, 5.41) is 3.44. The molecule has 0 radical (unpaired) electrons. The van der Waals surface area contributed by atoms with Crippen molar-refractivity contribution < 1.29 is 4.74 Å². The highest BCUT2D eigenvalue weighted by atomic mass is 79.9. The van der Waals surface area contributed by atoms with Crippen LogP contribution in [0.1, 0.15) is 30.5 Å². The SMILES string of the molecule is Cc1cccc(CNC(C)C)c1OCc1cncc(Br)c1. The van der Waals surface area contributed by atoms with Gasteiger partial charge >= 0.3 is 0 Å². The largest absolute Gasteiger partial charge is 0.488 e. The molecule has 0 atom stereocenters. The van der Waals surface area contributed by atoms with Crippen LogP contribution < -0.4 is 10.1 Å². The number of aromatic nitrogens is 1. The average molecular weight is 349 g/mol. The van der Waals surface area contributed by atoms with Crippen LogP contribution in [0.15, 0.2) is 41.1 Å². The van der Waals surface area contributed by atoms with Crippen molar-refractivity contribution in [2.75, 3.05) is 0 Å². The first kappa shape index (κ1) is 16.0. The van der Waals surface area contributed by atoms with Crippen LogP contribution in [0, 0.1) is 6.92 Å². The van der Waals surface area contributed by atoms with E-state index >= 15 is 0 Å². The number of benzene rings is 1. The minimum atomic E-state index is 0.452. The van der Waals surface area contributed by atoms with Crippen molar-refractivity contribution in [3.05, 3.63) is 57.8 Å². The number of rotatable bonds is 6. The van der Waals surface area contributed by atoms with Crippen molar-refractivity contribution in [2.24, 2.45) is 0 Å². The third-order valence-corrected chi connectivity index (χ3v) is 3.57. The van der Waals surface area contributed by atoms with E-state index < -0.39 is 0 Å². The van der Waals surface area contributed by atoms with Gasteiger partial charge in [0.1, 0.15) is 12.4 Å². The quantitative estimate of drug-likeness (QED) is 0.848. The Morgan fingerprint density at radius 3 is 2.81 bits per heavy atom. The van der Waals surface area contributed by atoms with E-state index in [9.17, 15) is 0 Å². The Balaban J connectivity index is 2.11. The van der Waals surface area contributed by atoms with Crippen LogP contribution in [0.3, 0.4) is 0 Å². The van der Waals surface area contributed by atoms with E-state index in [0.717, 1.165) is 27.9 Å². The summed E-state index contributed by atoms with van der Waals surface area (Å²) in [7, 11) is 0. The van der Waals surface area contributed by atoms with Crippen LogP contribution in [0.4, 0.5) is 0 Å². The summed E-state index contributed by atoms with van der Waals surface area (Å²) >= 11 is 3.43. The summed E-state index contributed by atoms with van der Waals surface area (Å²) in [5.41, 5.74) is 3.39. The second-order valence-corrected chi connectivity index (χ2v) is 6.31. The molecule has 0 aliphatic rings. The van der Waals surface area contributed by atoms with Crippen LogP contribution in [0.25, 0.3) is 0 Å². The maximum atomic E-state index is 6.04. The third kappa shape index (κ3) is 4.83. The molecule has 0 bridgehead atoms. The van der Waals surface area contributed by atoms with Crippen LogP contribution in [-0.2, 0) is 13.2 Å². The first-order chi connectivity index (χ1) is 10.1. The van der Waals surface area contributed by atoms with Gasteiger partial charge in [0.15, 0.2) is 0 Å². The molecule has 0 fully saturated rings. The zero-order chi connectivity index (χ0) is 15.2. The van der Waals surface area contributed by atoms with Crippen LogP contribution >= 0.6 is 15.9 Å². The van der Waals surface area contributed by atoms with E-state index in [4.69, 9.17) is 4.74 Å². The molecule has 3 nitrogen and oxygen atoms in total. The minimum Gasteiger partial charge on any atom is -0.488 e. The zero-order valence-electron chi connectivity index (χ0n) is 12.7. The van der Waals surface area contributed by atoms with Gasteiger partial charge in [0, 0.05) is 40.6 Å². The van der Waals surface area contributed by atoms with Crippen molar-refractivity contribution in [1.82, 2.24) is 10.3 Å². The van der Waals surface area contributed by atoms with Crippen molar-refractivity contribution in [1.29, 1.82) is 0 Å². The van der Waals surface area contributed by atoms with Gasteiger partial charge in [-0.25, -0.2) is 0 Å². The lowest BCUT2D eigenvalue weighted by Crippen LogP contribution is -2.22. The van der Waals surface area contributed by atoms with Crippen LogP contribution in [0.2, 0.25) is 0 Å². The molecule has 0 saturated heterocycles. The molecule has 0 unspecified atom stereocenters. The number of pyridine rings is 1. The van der Waals surface area contributed by atoms with Gasteiger partial charge in [-0.1, -0.05) is 32.0 Å². The number of aryl methyl sites for hydroxylation is 1. The monoisotopic (exact) mass is 348 g/mol. The normalized spacial score (nSPS) is 10.9. The standard InChI is InChI=1S/C17H21BrN2O/c1-12(2)20-9-15-6-4-5-13(3)17(15)21-11-14-7-16(18)10-19-8-14/h4-8,10,12,20H,9,11H2,1-3H3. The number of hydrogen-bond acceptors (Lipinski definition) is 3. The number of hydrogen-bond donors (Lipinski definition) is 1. The molecular formula is C17H21BrN2O. The Labute approximate surface area is 134 Å². The second-order valence-electron chi connectivity index (χ2n) is 5.40. The van der Waals surface area contributed by atoms with Crippen molar-refractivity contribution in [3.8, 4) is 5.75 Å². The summed E-state index contributed by atoms with van der Waals surface area (Å²) in [4.78, 5) is 4.16. The molecule has 2 aromatic rings. The molecule has 112 valence electrons. The Bertz CT molecular complexity index is 599. The highest BCUT2D eigenvalue weighted by Gasteiger charge is 2.08. The first-order valence-electron chi connectivity index (χ1n) is 7.10. The van der Waals surface area contributed by atoms with E-state index in [1.807, 2.05) is 12.3 Å². The number of para-hydroxylation sites is 1. The minimum absolute atomic E-state index is 0.452. The van der Waals surface area contributed by atoms with E-state index in [1.165, 1.54) is 5.56 Å². The summed E-state index contributed by atoms with van der Waals surface area (Å²) in [6.07, 6.45) is 3.60. The van der Waals surface area contributed by atoms with E-state index in [0.29, 0.717) is 12.6 Å². The molecule has 0 saturated carbocycles. The van der Waals surface area contributed by atoms with Gasteiger partial charge in [-0.15, -0.1) is 0 Å². The highest BCUT2D eigenvalue weighted by molar-refractivity contribution is 9.10. The van der Waals surface area contributed by atoms with Gasteiger partial charge in [-0.2, -0.15) is 0 Å². The predicted molar refractivity (Wildman–Crippen MR) is 89.4 cm³/mol. The summed E-state index contributed by atoms with van der Waals surface area (Å²) in [6, 6.07) is 8.73. The molecule has 0 amide bonds. The smallest absolute Gasteiger partial charge is 0.127 e. The van der Waals surface area contributed by atoms with E-state index in [1.54, 1.807) is 6.20 Å². The average Bonchev–Trinajstić information content (AvgIpc) is 2.44. The topological polar surface area (TPSA) is 34.1 Å². The molecule has 2 rings (SSSR count). The Kier molecular flexibility index (Phi) is 5.76. The van der Waals surface area contributed by atoms with E-state index in [2.05, 4.69) is 65.2 Å². The lowest BCUT2D eigenvalue weighted by Gasteiger charge is -2.16. The fourth-order valence-electron chi connectivity index (χ4n) is 2.06. The van der Waals surface area contributed by atoms with Gasteiger partial charge in [-0.3, -0.25) is 4.98 Å². The number of halogens is 1. The van der Waals surface area contributed by atoms with Crippen molar-refractivity contribution in [2.45, 2.75) is 40.0 Å². The molecule has 1 heterocycles. The predicted octanol–water partition coefficient (Wildman–Crippen LogP) is 4.23. The van der Waals surface area contributed by atoms with Crippen molar-refractivity contribution in [3.63, 3.8) is 0 Å². The first-order valence-corrected chi connectivity index (χ1v) is 7.89. The lowest BCUT2D eigenvalue weighted by molar-refractivity contribution is 0.299. The molecule has 0 aliphatic heterocycles. The van der Waals surface area contributed by atoms with Gasteiger partial charge < -0.3 is 10.1 Å². The summed E-state index contributed by atoms with van der Waals surface area (Å²) in [5.74, 6) is 0.964. The fourth-order valence-corrected chi connectivity index (χ4v) is 2.48. The molecule has 21 heavy (non-hydrogen) atoms. The Hall–Kier alpha value is -1.39. The number of nitrogens with one attached hydrogen (secondary N) is 1. The van der Waals surface area contributed by atoms with Gasteiger partial charge in [0.25, 0.3) is 0 Å². The molecule has 4 heteroatoms. The molecule has 0 aliphatic carbocycles. The molecule has 1 aromatic carbocycles. The van der Waals surface area contributed by atoms with Crippen molar-refractivity contribution >= 4 is 15.9 Å². The maximum Gasteiger partial charge on any atom is 0.127 e. The molecule has 1 N–H and O–H groups in total. The van der Waals surface area contributed by atoms with Crippen LogP contribution in [-0.4, -0.2) is 11.0 Å². The summed E-state index contributed by atoms with van der Waals surface area (Å²) in [6.45, 7) is 7.69. The van der Waals surface area contributed by atoms with Crippen LogP contribution in [0.5, 0.6) is 5.75 Å². The molecular weight excluding hydrogens is 328 g/mol. The molecule has 1 aromatic heterocycles. The Morgan fingerprint density at radius 2 is 2.10 bits per heavy atom. The zero-order valence-corrected chi connectivity index (χ0v) is 14.3.